The molecule has 1 saturated heterocycles. The van der Waals surface area contributed by atoms with Crippen LogP contribution in [0.4, 0.5) is 11.6 Å². The number of carbonyl (C=O) groups is 1. The van der Waals surface area contributed by atoms with E-state index in [1.807, 2.05) is 43.1 Å². The second kappa shape index (κ2) is 8.05. The zero-order valence-corrected chi connectivity index (χ0v) is 14.9. The van der Waals surface area contributed by atoms with Gasteiger partial charge in [0.05, 0.1) is 18.1 Å². The highest BCUT2D eigenvalue weighted by Gasteiger charge is 2.25. The van der Waals surface area contributed by atoms with Gasteiger partial charge in [-0.1, -0.05) is 19.9 Å². The lowest BCUT2D eigenvalue weighted by Crippen LogP contribution is -2.42. The van der Waals surface area contributed by atoms with Gasteiger partial charge in [-0.15, -0.1) is 0 Å². The van der Waals surface area contributed by atoms with E-state index >= 15 is 0 Å². The summed E-state index contributed by atoms with van der Waals surface area (Å²) in [4.78, 5) is 27.4. The molecule has 3 heterocycles. The summed E-state index contributed by atoms with van der Waals surface area (Å²) >= 11 is 0. The highest BCUT2D eigenvalue weighted by atomic mass is 16.2. The van der Waals surface area contributed by atoms with Crippen molar-refractivity contribution in [1.29, 1.82) is 0 Å². The van der Waals surface area contributed by atoms with E-state index < -0.39 is 0 Å². The van der Waals surface area contributed by atoms with Crippen molar-refractivity contribution in [2.75, 3.05) is 18.4 Å². The number of amides is 1. The summed E-state index contributed by atoms with van der Waals surface area (Å²) in [6, 6.07) is 5.68. The molecule has 2 aromatic heterocycles. The number of hydrogen-bond donors (Lipinski definition) is 1. The maximum atomic E-state index is 12.2. The van der Waals surface area contributed by atoms with E-state index in [9.17, 15) is 4.79 Å². The Morgan fingerprint density at radius 2 is 2.12 bits per heavy atom. The molecule has 3 rings (SSSR count). The number of aromatic nitrogens is 3. The Kier molecular flexibility index (Phi) is 5.58. The molecular formula is C19H25N5O. The van der Waals surface area contributed by atoms with Gasteiger partial charge in [-0.05, 0) is 37.3 Å². The molecule has 0 saturated carbocycles. The van der Waals surface area contributed by atoms with Crippen LogP contribution in [0.1, 0.15) is 32.4 Å². The van der Waals surface area contributed by atoms with E-state index in [0.717, 1.165) is 43.9 Å². The molecule has 0 bridgehead atoms. The van der Waals surface area contributed by atoms with E-state index in [4.69, 9.17) is 0 Å². The first-order chi connectivity index (χ1) is 12.1. The van der Waals surface area contributed by atoms with Crippen LogP contribution >= 0.6 is 0 Å². The van der Waals surface area contributed by atoms with Crippen molar-refractivity contribution < 1.29 is 4.79 Å². The average molecular weight is 339 g/mol. The Bertz CT molecular complexity index is 687. The third-order valence-electron chi connectivity index (χ3n) is 4.45. The van der Waals surface area contributed by atoms with E-state index in [2.05, 4.69) is 20.3 Å². The third-order valence-corrected chi connectivity index (χ3v) is 4.45. The van der Waals surface area contributed by atoms with Crippen LogP contribution in [-0.4, -0.2) is 38.8 Å². The van der Waals surface area contributed by atoms with Gasteiger partial charge >= 0.3 is 0 Å². The zero-order valence-electron chi connectivity index (χ0n) is 14.9. The highest BCUT2D eigenvalue weighted by molar-refractivity contribution is 5.78. The number of nitrogens with one attached hydrogen (secondary N) is 1. The zero-order chi connectivity index (χ0) is 17.6. The number of hydrogen-bond acceptors (Lipinski definition) is 5. The van der Waals surface area contributed by atoms with Crippen LogP contribution in [0.3, 0.4) is 0 Å². The molecule has 6 nitrogen and oxygen atoms in total. The molecule has 0 radical (unpaired) electrons. The van der Waals surface area contributed by atoms with Crippen LogP contribution < -0.4 is 5.32 Å². The molecule has 0 aromatic carbocycles. The predicted molar refractivity (Wildman–Crippen MR) is 97.4 cm³/mol. The number of likely N-dealkylation sites (tertiary alicyclic amines) is 1. The Morgan fingerprint density at radius 3 is 2.80 bits per heavy atom. The fraction of sp³-hybridized carbons (Fsp3) is 0.474. The molecule has 1 aliphatic rings. The predicted octanol–water partition coefficient (Wildman–Crippen LogP) is 3.05. The van der Waals surface area contributed by atoms with Crippen LogP contribution in [-0.2, 0) is 11.2 Å². The quantitative estimate of drug-likeness (QED) is 0.906. The van der Waals surface area contributed by atoms with Gasteiger partial charge in [0.2, 0.25) is 5.91 Å². The molecule has 6 heteroatoms. The van der Waals surface area contributed by atoms with Gasteiger partial charge in [-0.3, -0.25) is 9.78 Å². The Morgan fingerprint density at radius 1 is 1.24 bits per heavy atom. The minimum absolute atomic E-state index is 0.0653. The number of nitrogens with zero attached hydrogens (tertiary/aromatic N) is 4. The smallest absolute Gasteiger partial charge is 0.225 e. The van der Waals surface area contributed by atoms with Gasteiger partial charge in [0.15, 0.2) is 0 Å². The molecule has 132 valence electrons. The van der Waals surface area contributed by atoms with Crippen LogP contribution in [0.5, 0.6) is 0 Å². The molecule has 1 amide bonds. The largest absolute Gasteiger partial charge is 0.342 e. The van der Waals surface area contributed by atoms with Crippen LogP contribution in [0.15, 0.2) is 36.8 Å². The third kappa shape index (κ3) is 4.75. The molecule has 1 aliphatic heterocycles. The summed E-state index contributed by atoms with van der Waals surface area (Å²) in [5.41, 5.74) is 0.968. The van der Waals surface area contributed by atoms with Gasteiger partial charge in [0.1, 0.15) is 11.6 Å². The fourth-order valence-corrected chi connectivity index (χ4v) is 3.19. The molecule has 1 fully saturated rings. The molecule has 25 heavy (non-hydrogen) atoms. The number of anilines is 2. The van der Waals surface area contributed by atoms with Crippen molar-refractivity contribution in [3.63, 3.8) is 0 Å². The summed E-state index contributed by atoms with van der Waals surface area (Å²) in [5, 5.41) is 3.13. The minimum Gasteiger partial charge on any atom is -0.342 e. The normalized spacial score (nSPS) is 17.6. The molecule has 0 spiro atoms. The molecular weight excluding hydrogens is 314 g/mol. The number of piperidine rings is 1. The van der Waals surface area contributed by atoms with Crippen molar-refractivity contribution in [1.82, 2.24) is 19.9 Å². The Hall–Kier alpha value is -2.50. The maximum Gasteiger partial charge on any atom is 0.225 e. The van der Waals surface area contributed by atoms with Crippen molar-refractivity contribution >= 4 is 17.5 Å². The van der Waals surface area contributed by atoms with Crippen molar-refractivity contribution in [3.05, 3.63) is 42.5 Å². The highest BCUT2D eigenvalue weighted by Crippen LogP contribution is 2.21. The van der Waals surface area contributed by atoms with Crippen LogP contribution in [0, 0.1) is 11.8 Å². The van der Waals surface area contributed by atoms with Gasteiger partial charge in [-0.2, -0.15) is 0 Å². The lowest BCUT2D eigenvalue weighted by Gasteiger charge is -2.33. The second-order valence-corrected chi connectivity index (χ2v) is 6.88. The minimum atomic E-state index is 0.0653. The first kappa shape index (κ1) is 17.3. The summed E-state index contributed by atoms with van der Waals surface area (Å²) in [6.07, 6.45) is 8.35. The van der Waals surface area contributed by atoms with E-state index in [1.54, 1.807) is 12.4 Å². The van der Waals surface area contributed by atoms with Crippen LogP contribution in [0.25, 0.3) is 0 Å². The van der Waals surface area contributed by atoms with E-state index in [1.165, 1.54) is 0 Å². The van der Waals surface area contributed by atoms with E-state index in [-0.39, 0.29) is 11.8 Å². The summed E-state index contributed by atoms with van der Waals surface area (Å²) in [6.45, 7) is 5.63. The van der Waals surface area contributed by atoms with Crippen molar-refractivity contribution in [3.8, 4) is 0 Å². The molecule has 0 aliphatic carbocycles. The lowest BCUT2D eigenvalue weighted by molar-refractivity contribution is -0.136. The van der Waals surface area contributed by atoms with Crippen molar-refractivity contribution in [2.24, 2.45) is 11.8 Å². The SMILES string of the molecule is CC(C)C(=O)N1CCCC(Cc2cnc(Nc3ccccn3)cn2)C1. The van der Waals surface area contributed by atoms with Gasteiger partial charge in [0, 0.05) is 25.2 Å². The van der Waals surface area contributed by atoms with Gasteiger partial charge in [-0.25, -0.2) is 9.97 Å². The fourth-order valence-electron chi connectivity index (χ4n) is 3.19. The molecule has 2 aromatic rings. The number of pyridine rings is 1. The van der Waals surface area contributed by atoms with Crippen LogP contribution in [0.2, 0.25) is 0 Å². The van der Waals surface area contributed by atoms with E-state index in [0.29, 0.717) is 11.7 Å². The summed E-state index contributed by atoms with van der Waals surface area (Å²) in [7, 11) is 0. The number of carbonyl (C=O) groups excluding carboxylic acids is 1. The number of rotatable bonds is 5. The summed E-state index contributed by atoms with van der Waals surface area (Å²) in [5.74, 6) is 2.21. The first-order valence-corrected chi connectivity index (χ1v) is 8.89. The summed E-state index contributed by atoms with van der Waals surface area (Å²) < 4.78 is 0. The molecule has 1 N–H and O–H groups in total. The average Bonchev–Trinajstić information content (AvgIpc) is 2.64. The van der Waals surface area contributed by atoms with Gasteiger partial charge in [0.25, 0.3) is 0 Å². The Balaban J connectivity index is 1.57. The first-order valence-electron chi connectivity index (χ1n) is 8.89. The second-order valence-electron chi connectivity index (χ2n) is 6.88. The van der Waals surface area contributed by atoms with Gasteiger partial charge < -0.3 is 10.2 Å². The molecule has 1 atom stereocenters. The maximum absolute atomic E-state index is 12.2. The topological polar surface area (TPSA) is 71.0 Å². The molecule has 1 unspecified atom stereocenters. The standard InChI is InChI=1S/C19H25N5O/c1-14(2)19(25)24-9-5-6-15(13-24)10-16-11-22-18(12-21-16)23-17-7-3-4-8-20-17/h3-4,7-8,11-12,14-15H,5-6,9-10,13H2,1-2H3,(H,20,22,23). The monoisotopic (exact) mass is 339 g/mol. The van der Waals surface area contributed by atoms with Crippen molar-refractivity contribution in [2.45, 2.75) is 33.1 Å². The Labute approximate surface area is 148 Å². The lowest BCUT2D eigenvalue weighted by atomic mass is 9.93.